The molecule has 2 fully saturated rings. The maximum atomic E-state index is 13.4. The van der Waals surface area contributed by atoms with Crippen molar-refractivity contribution in [3.05, 3.63) is 34.9 Å². The normalized spacial score (nSPS) is 25.3. The predicted molar refractivity (Wildman–Crippen MR) is 103 cm³/mol. The number of hydrogen-bond donors (Lipinski definition) is 0. The van der Waals surface area contributed by atoms with Crippen molar-refractivity contribution in [3.8, 4) is 0 Å². The first-order valence-electron chi connectivity index (χ1n) is 9.54. The molecule has 6 heteroatoms. The van der Waals surface area contributed by atoms with E-state index in [1.54, 1.807) is 0 Å². The first kappa shape index (κ1) is 19.2. The third-order valence-electron chi connectivity index (χ3n) is 5.62. The topological polar surface area (TPSA) is 43.9 Å². The fourth-order valence-electron chi connectivity index (χ4n) is 4.19. The summed E-state index contributed by atoms with van der Waals surface area (Å²) < 4.78 is 0. The number of likely N-dealkylation sites (N-methyl/N-ethyl adjacent to an activating group) is 1. The van der Waals surface area contributed by atoms with Crippen molar-refractivity contribution < 1.29 is 9.59 Å². The minimum atomic E-state index is -0.275. The molecule has 0 N–H and O–H groups in total. The molecule has 1 aromatic carbocycles. The molecule has 2 amide bonds. The highest BCUT2D eigenvalue weighted by Gasteiger charge is 2.42. The second-order valence-electron chi connectivity index (χ2n) is 7.27. The van der Waals surface area contributed by atoms with Gasteiger partial charge in [0.2, 0.25) is 11.8 Å². The molecule has 0 unspecified atom stereocenters. The van der Waals surface area contributed by atoms with Gasteiger partial charge in [0.05, 0.1) is 12.0 Å². The van der Waals surface area contributed by atoms with Crippen molar-refractivity contribution >= 4 is 23.4 Å². The lowest BCUT2D eigenvalue weighted by Crippen LogP contribution is -2.49. The summed E-state index contributed by atoms with van der Waals surface area (Å²) in [7, 11) is 2.10. The largest absolute Gasteiger partial charge is 0.341 e. The van der Waals surface area contributed by atoms with Crippen LogP contribution in [-0.2, 0) is 9.59 Å². The van der Waals surface area contributed by atoms with Crippen LogP contribution >= 0.6 is 11.6 Å². The van der Waals surface area contributed by atoms with Crippen LogP contribution in [0.5, 0.6) is 0 Å². The predicted octanol–water partition coefficient (Wildman–Crippen LogP) is 2.80. The van der Waals surface area contributed by atoms with Crippen molar-refractivity contribution in [2.45, 2.75) is 32.2 Å². The number of amides is 2. The van der Waals surface area contributed by atoms with Gasteiger partial charge in [0.1, 0.15) is 0 Å². The highest BCUT2D eigenvalue weighted by atomic mass is 35.5. The lowest BCUT2D eigenvalue weighted by molar-refractivity contribution is -0.147. The van der Waals surface area contributed by atoms with E-state index in [9.17, 15) is 9.59 Å². The molecule has 0 bridgehead atoms. The molecule has 26 heavy (non-hydrogen) atoms. The first-order valence-corrected chi connectivity index (χ1v) is 9.92. The summed E-state index contributed by atoms with van der Waals surface area (Å²) >= 11 is 6.46. The van der Waals surface area contributed by atoms with Gasteiger partial charge in [-0.05, 0) is 45.0 Å². The molecule has 5 nitrogen and oxygen atoms in total. The van der Waals surface area contributed by atoms with Gasteiger partial charge in [0, 0.05) is 37.6 Å². The number of benzene rings is 1. The number of hydrogen-bond acceptors (Lipinski definition) is 3. The van der Waals surface area contributed by atoms with E-state index in [1.165, 1.54) is 0 Å². The molecule has 2 atom stereocenters. The van der Waals surface area contributed by atoms with E-state index in [-0.39, 0.29) is 23.8 Å². The van der Waals surface area contributed by atoms with Crippen molar-refractivity contribution in [2.24, 2.45) is 5.92 Å². The molecule has 2 aliphatic heterocycles. The lowest BCUT2D eigenvalue weighted by Gasteiger charge is -2.42. The maximum Gasteiger partial charge on any atom is 0.228 e. The minimum Gasteiger partial charge on any atom is -0.341 e. The monoisotopic (exact) mass is 377 g/mol. The highest BCUT2D eigenvalue weighted by Crippen LogP contribution is 2.40. The number of carbonyl (C=O) groups is 2. The Bertz CT molecular complexity index is 666. The SMILES string of the molecule is CCN1C(=O)CC[C@@H](C(=O)N2CCCN(C)CC2)[C@@H]1c1ccccc1Cl. The number of likely N-dealkylation sites (tertiary alicyclic amines) is 1. The van der Waals surface area contributed by atoms with Gasteiger partial charge < -0.3 is 14.7 Å². The Balaban J connectivity index is 1.91. The van der Waals surface area contributed by atoms with Gasteiger partial charge in [-0.15, -0.1) is 0 Å². The van der Waals surface area contributed by atoms with E-state index in [0.29, 0.717) is 24.4 Å². The number of nitrogens with zero attached hydrogens (tertiary/aromatic N) is 3. The molecule has 0 aromatic heterocycles. The van der Waals surface area contributed by atoms with Crippen molar-refractivity contribution in [2.75, 3.05) is 39.8 Å². The molecule has 2 aliphatic rings. The Morgan fingerprint density at radius 2 is 1.96 bits per heavy atom. The Kier molecular flexibility index (Phi) is 6.20. The summed E-state index contributed by atoms with van der Waals surface area (Å²) in [5, 5.41) is 0.624. The van der Waals surface area contributed by atoms with Gasteiger partial charge in [-0.25, -0.2) is 0 Å². The average Bonchev–Trinajstić information content (AvgIpc) is 2.86. The van der Waals surface area contributed by atoms with E-state index >= 15 is 0 Å². The Morgan fingerprint density at radius 3 is 2.69 bits per heavy atom. The van der Waals surface area contributed by atoms with Gasteiger partial charge in [0.15, 0.2) is 0 Å². The van der Waals surface area contributed by atoms with Crippen LogP contribution in [0.3, 0.4) is 0 Å². The summed E-state index contributed by atoms with van der Waals surface area (Å²) in [5.41, 5.74) is 0.884. The molecule has 2 heterocycles. The van der Waals surface area contributed by atoms with E-state index < -0.39 is 0 Å². The molecule has 3 rings (SSSR count). The number of rotatable bonds is 3. The fourth-order valence-corrected chi connectivity index (χ4v) is 4.43. The molecule has 1 aromatic rings. The molecule has 2 saturated heterocycles. The molecule has 0 spiro atoms. The van der Waals surface area contributed by atoms with Gasteiger partial charge in [-0.1, -0.05) is 29.8 Å². The molecule has 142 valence electrons. The van der Waals surface area contributed by atoms with Gasteiger partial charge in [-0.3, -0.25) is 9.59 Å². The smallest absolute Gasteiger partial charge is 0.228 e. The zero-order valence-electron chi connectivity index (χ0n) is 15.7. The second-order valence-corrected chi connectivity index (χ2v) is 7.68. The summed E-state index contributed by atoms with van der Waals surface area (Å²) in [5.74, 6) is 0.0456. The Labute approximate surface area is 160 Å². The Hall–Kier alpha value is -1.59. The van der Waals surface area contributed by atoms with E-state index in [2.05, 4.69) is 11.9 Å². The van der Waals surface area contributed by atoms with E-state index in [4.69, 9.17) is 11.6 Å². The van der Waals surface area contributed by atoms with Crippen LogP contribution in [0.4, 0.5) is 0 Å². The standard InChI is InChI=1S/C20H28ClN3O2/c1-3-24-18(25)10-9-16(19(24)15-7-4-5-8-17(15)21)20(26)23-12-6-11-22(2)13-14-23/h4-5,7-8,16,19H,3,6,9-14H2,1-2H3/t16-,19+/m1/s1. The fraction of sp³-hybridized carbons (Fsp3) is 0.600. The van der Waals surface area contributed by atoms with Crippen molar-refractivity contribution in [1.29, 1.82) is 0 Å². The van der Waals surface area contributed by atoms with Gasteiger partial charge in [0.25, 0.3) is 0 Å². The van der Waals surface area contributed by atoms with Gasteiger partial charge >= 0.3 is 0 Å². The molecule has 0 radical (unpaired) electrons. The maximum absolute atomic E-state index is 13.4. The molecular weight excluding hydrogens is 350 g/mol. The summed E-state index contributed by atoms with van der Waals surface area (Å²) in [6.45, 7) is 6.00. The number of piperidine rings is 1. The van der Waals surface area contributed by atoms with Crippen LogP contribution in [-0.4, -0.2) is 66.3 Å². The number of carbonyl (C=O) groups excluding carboxylic acids is 2. The van der Waals surface area contributed by atoms with Crippen LogP contribution in [0.2, 0.25) is 5.02 Å². The van der Waals surface area contributed by atoms with Crippen molar-refractivity contribution in [1.82, 2.24) is 14.7 Å². The molecule has 0 aliphatic carbocycles. The second kappa shape index (κ2) is 8.40. The first-order chi connectivity index (χ1) is 12.5. The van der Waals surface area contributed by atoms with Crippen LogP contribution in [0.25, 0.3) is 0 Å². The van der Waals surface area contributed by atoms with Crippen molar-refractivity contribution in [3.63, 3.8) is 0 Å². The summed E-state index contributed by atoms with van der Waals surface area (Å²) in [4.78, 5) is 32.0. The summed E-state index contributed by atoms with van der Waals surface area (Å²) in [6.07, 6.45) is 2.01. The third-order valence-corrected chi connectivity index (χ3v) is 5.96. The van der Waals surface area contributed by atoms with Crippen LogP contribution in [0, 0.1) is 5.92 Å². The minimum absolute atomic E-state index is 0.108. The summed E-state index contributed by atoms with van der Waals surface area (Å²) in [6, 6.07) is 7.32. The van der Waals surface area contributed by atoms with E-state index in [1.807, 2.05) is 41.0 Å². The zero-order valence-corrected chi connectivity index (χ0v) is 16.4. The highest BCUT2D eigenvalue weighted by molar-refractivity contribution is 6.31. The van der Waals surface area contributed by atoms with Crippen LogP contribution in [0.15, 0.2) is 24.3 Å². The number of halogens is 1. The average molecular weight is 378 g/mol. The molecular formula is C20H28ClN3O2. The quantitative estimate of drug-likeness (QED) is 0.813. The van der Waals surface area contributed by atoms with E-state index in [0.717, 1.165) is 38.2 Å². The lowest BCUT2D eigenvalue weighted by atomic mass is 9.83. The zero-order chi connectivity index (χ0) is 18.7. The van der Waals surface area contributed by atoms with Gasteiger partial charge in [-0.2, -0.15) is 0 Å². The third kappa shape index (κ3) is 3.89. The van der Waals surface area contributed by atoms with Crippen LogP contribution in [0.1, 0.15) is 37.8 Å². The Morgan fingerprint density at radius 1 is 1.19 bits per heavy atom. The van der Waals surface area contributed by atoms with Crippen LogP contribution < -0.4 is 0 Å². The molecule has 0 saturated carbocycles.